The third-order valence-electron chi connectivity index (χ3n) is 2.49. The molecule has 7 heteroatoms. The first-order valence-electron chi connectivity index (χ1n) is 5.65. The van der Waals surface area contributed by atoms with Crippen LogP contribution in [0, 0.1) is 5.41 Å². The fraction of sp³-hybridized carbons (Fsp3) is 0.0769. The highest BCUT2D eigenvalue weighted by atomic mass is 32.2. The lowest BCUT2D eigenvalue weighted by molar-refractivity contribution is 0.602. The predicted molar refractivity (Wildman–Crippen MR) is 78.9 cm³/mol. The number of pyridine rings is 1. The Kier molecular flexibility index (Phi) is 4.10. The van der Waals surface area contributed by atoms with Gasteiger partial charge in [-0.15, -0.1) is 0 Å². The Bertz CT molecular complexity index is 740. The van der Waals surface area contributed by atoms with E-state index in [1.165, 1.54) is 18.0 Å². The molecule has 1 heterocycles. The molecule has 0 fully saturated rings. The molecule has 0 saturated heterocycles. The summed E-state index contributed by atoms with van der Waals surface area (Å²) in [6.07, 6.45) is 2.76. The standard InChI is InChI=1S/C13H13N3O2S2/c1-20(17,18)11-4-2-9(3-5-11)19-10-6-7-16-12(8-10)13(14)15/h2-8H,1H3,(H3,14,15). The number of hydrogen-bond donors (Lipinski definition) is 2. The molecule has 20 heavy (non-hydrogen) atoms. The van der Waals surface area contributed by atoms with Crippen molar-refractivity contribution in [1.29, 1.82) is 5.41 Å². The molecule has 1 aromatic carbocycles. The van der Waals surface area contributed by atoms with E-state index in [0.717, 1.165) is 9.79 Å². The van der Waals surface area contributed by atoms with E-state index >= 15 is 0 Å². The van der Waals surface area contributed by atoms with E-state index in [1.54, 1.807) is 36.5 Å². The summed E-state index contributed by atoms with van der Waals surface area (Å²) >= 11 is 1.45. The smallest absolute Gasteiger partial charge is 0.175 e. The SMILES string of the molecule is CS(=O)(=O)c1ccc(Sc2ccnc(C(=N)N)c2)cc1. The van der Waals surface area contributed by atoms with Crippen LogP contribution in [-0.4, -0.2) is 25.5 Å². The van der Waals surface area contributed by atoms with Gasteiger partial charge in [-0.2, -0.15) is 0 Å². The van der Waals surface area contributed by atoms with Gasteiger partial charge in [-0.3, -0.25) is 10.4 Å². The first kappa shape index (κ1) is 14.5. The summed E-state index contributed by atoms with van der Waals surface area (Å²) < 4.78 is 22.7. The molecule has 5 nitrogen and oxygen atoms in total. The molecule has 0 atom stereocenters. The molecule has 0 spiro atoms. The number of nitrogens with zero attached hydrogens (tertiary/aromatic N) is 1. The van der Waals surface area contributed by atoms with E-state index in [-0.39, 0.29) is 5.84 Å². The minimum atomic E-state index is -3.17. The average Bonchev–Trinajstić information content (AvgIpc) is 2.38. The van der Waals surface area contributed by atoms with Gasteiger partial charge < -0.3 is 5.73 Å². The van der Waals surface area contributed by atoms with Crippen LogP contribution in [0.1, 0.15) is 5.69 Å². The van der Waals surface area contributed by atoms with Gasteiger partial charge in [-0.1, -0.05) is 11.8 Å². The molecule has 3 N–H and O–H groups in total. The van der Waals surface area contributed by atoms with Crippen molar-refractivity contribution in [3.63, 3.8) is 0 Å². The van der Waals surface area contributed by atoms with Crippen LogP contribution >= 0.6 is 11.8 Å². The lowest BCUT2D eigenvalue weighted by Crippen LogP contribution is -2.12. The Hall–Kier alpha value is -1.86. The number of hydrogen-bond acceptors (Lipinski definition) is 5. The summed E-state index contributed by atoms with van der Waals surface area (Å²) in [5.41, 5.74) is 5.81. The molecule has 104 valence electrons. The zero-order chi connectivity index (χ0) is 14.8. The highest BCUT2D eigenvalue weighted by Crippen LogP contribution is 2.28. The first-order chi connectivity index (χ1) is 9.36. The summed E-state index contributed by atoms with van der Waals surface area (Å²) in [6, 6.07) is 10.2. The Morgan fingerprint density at radius 1 is 1.20 bits per heavy atom. The van der Waals surface area contributed by atoms with E-state index < -0.39 is 9.84 Å². The number of amidine groups is 1. The number of benzene rings is 1. The van der Waals surface area contributed by atoms with Crippen LogP contribution in [0.3, 0.4) is 0 Å². The zero-order valence-corrected chi connectivity index (χ0v) is 12.3. The number of nitrogen functional groups attached to an aromatic ring is 1. The number of nitrogens with two attached hydrogens (primary N) is 1. The van der Waals surface area contributed by atoms with Gasteiger partial charge in [0.25, 0.3) is 0 Å². The van der Waals surface area contributed by atoms with Gasteiger partial charge in [-0.05, 0) is 36.4 Å². The number of rotatable bonds is 4. The maximum atomic E-state index is 11.4. The molecule has 0 aliphatic rings. The Balaban J connectivity index is 2.22. The maximum absolute atomic E-state index is 11.4. The van der Waals surface area contributed by atoms with Crippen molar-refractivity contribution < 1.29 is 8.42 Å². The largest absolute Gasteiger partial charge is 0.382 e. The van der Waals surface area contributed by atoms with E-state index in [1.807, 2.05) is 6.07 Å². The summed E-state index contributed by atoms with van der Waals surface area (Å²) in [5, 5.41) is 7.35. The third kappa shape index (κ3) is 3.58. The minimum absolute atomic E-state index is 0.0834. The molecule has 0 bridgehead atoms. The molecular weight excluding hydrogens is 294 g/mol. The normalized spacial score (nSPS) is 11.2. The molecule has 2 aromatic rings. The second-order valence-electron chi connectivity index (χ2n) is 4.14. The van der Waals surface area contributed by atoms with Gasteiger partial charge in [0.05, 0.1) is 4.90 Å². The van der Waals surface area contributed by atoms with Crippen LogP contribution in [0.15, 0.2) is 57.3 Å². The van der Waals surface area contributed by atoms with Crippen molar-refractivity contribution in [2.45, 2.75) is 14.7 Å². The highest BCUT2D eigenvalue weighted by Gasteiger charge is 2.07. The van der Waals surface area contributed by atoms with Gasteiger partial charge in [0.15, 0.2) is 9.84 Å². The molecule has 1 aromatic heterocycles. The molecule has 0 unspecified atom stereocenters. The van der Waals surface area contributed by atoms with Gasteiger partial charge >= 0.3 is 0 Å². The monoisotopic (exact) mass is 307 g/mol. The fourth-order valence-electron chi connectivity index (χ4n) is 1.51. The predicted octanol–water partition coefficient (Wildman–Crippen LogP) is 1.92. The lowest BCUT2D eigenvalue weighted by atomic mass is 10.3. The van der Waals surface area contributed by atoms with E-state index in [2.05, 4.69) is 4.98 Å². The van der Waals surface area contributed by atoms with Crippen molar-refractivity contribution >= 4 is 27.4 Å². The van der Waals surface area contributed by atoms with Crippen molar-refractivity contribution in [2.24, 2.45) is 5.73 Å². The van der Waals surface area contributed by atoms with E-state index in [0.29, 0.717) is 10.6 Å². The molecular formula is C13H13N3O2S2. The van der Waals surface area contributed by atoms with Crippen molar-refractivity contribution in [1.82, 2.24) is 4.98 Å². The van der Waals surface area contributed by atoms with Crippen LogP contribution in [0.2, 0.25) is 0 Å². The quantitative estimate of drug-likeness (QED) is 0.664. The van der Waals surface area contributed by atoms with E-state index in [9.17, 15) is 8.42 Å². The summed E-state index contributed by atoms with van der Waals surface area (Å²) in [5.74, 6) is -0.0834. The lowest BCUT2D eigenvalue weighted by Gasteiger charge is -2.04. The molecule has 0 aliphatic heterocycles. The molecule has 0 aliphatic carbocycles. The Labute approximate surface area is 121 Å². The van der Waals surface area contributed by atoms with Crippen LogP contribution in [-0.2, 0) is 9.84 Å². The number of aromatic nitrogens is 1. The van der Waals surface area contributed by atoms with Crippen LogP contribution < -0.4 is 5.73 Å². The van der Waals surface area contributed by atoms with Gasteiger partial charge in [0, 0.05) is 22.2 Å². The van der Waals surface area contributed by atoms with Gasteiger partial charge in [0.1, 0.15) is 11.5 Å². The second-order valence-corrected chi connectivity index (χ2v) is 7.30. The number of nitrogens with one attached hydrogen (secondary N) is 1. The summed E-state index contributed by atoms with van der Waals surface area (Å²) in [6.45, 7) is 0. The molecule has 0 amide bonds. The molecule has 2 rings (SSSR count). The Morgan fingerprint density at radius 2 is 1.85 bits per heavy atom. The highest BCUT2D eigenvalue weighted by molar-refractivity contribution is 7.99. The van der Waals surface area contributed by atoms with Gasteiger partial charge in [-0.25, -0.2) is 8.42 Å². The molecule has 0 radical (unpaired) electrons. The summed E-state index contributed by atoms with van der Waals surface area (Å²) in [4.78, 5) is 6.06. The number of sulfone groups is 1. The Morgan fingerprint density at radius 3 is 2.40 bits per heavy atom. The van der Waals surface area contributed by atoms with Crippen molar-refractivity contribution in [3.05, 3.63) is 48.3 Å². The van der Waals surface area contributed by atoms with Crippen LogP contribution in [0.25, 0.3) is 0 Å². The van der Waals surface area contributed by atoms with E-state index in [4.69, 9.17) is 11.1 Å². The summed E-state index contributed by atoms with van der Waals surface area (Å²) in [7, 11) is -3.17. The topological polar surface area (TPSA) is 96.9 Å². The minimum Gasteiger partial charge on any atom is -0.382 e. The fourth-order valence-corrected chi connectivity index (χ4v) is 2.99. The van der Waals surface area contributed by atoms with Crippen molar-refractivity contribution in [2.75, 3.05) is 6.26 Å². The van der Waals surface area contributed by atoms with Crippen LogP contribution in [0.5, 0.6) is 0 Å². The average molecular weight is 307 g/mol. The van der Waals surface area contributed by atoms with Crippen LogP contribution in [0.4, 0.5) is 0 Å². The second kappa shape index (κ2) is 5.64. The zero-order valence-electron chi connectivity index (χ0n) is 10.7. The van der Waals surface area contributed by atoms with Crippen molar-refractivity contribution in [3.8, 4) is 0 Å². The third-order valence-corrected chi connectivity index (χ3v) is 4.62. The van der Waals surface area contributed by atoms with Gasteiger partial charge in [0.2, 0.25) is 0 Å². The maximum Gasteiger partial charge on any atom is 0.175 e. The molecule has 0 saturated carbocycles. The first-order valence-corrected chi connectivity index (χ1v) is 8.35.